The van der Waals surface area contributed by atoms with E-state index in [9.17, 15) is 14.7 Å². The number of hydrogen-bond donors (Lipinski definition) is 3. The van der Waals surface area contributed by atoms with Crippen molar-refractivity contribution in [1.82, 2.24) is 0 Å². The molecule has 0 atom stereocenters. The van der Waals surface area contributed by atoms with Gasteiger partial charge in [-0.15, -0.1) is 0 Å². The molecule has 2 rings (SSSR count). The molecule has 0 spiro atoms. The first-order chi connectivity index (χ1) is 9.88. The zero-order chi connectivity index (χ0) is 15.6. The molecule has 0 aromatic heterocycles. The summed E-state index contributed by atoms with van der Waals surface area (Å²) < 4.78 is 0. The number of aromatic carboxylic acids is 1. The van der Waals surface area contributed by atoms with Crippen molar-refractivity contribution in [2.45, 2.75) is 6.92 Å². The molecule has 0 bridgehead atoms. The van der Waals surface area contributed by atoms with E-state index in [2.05, 4.69) is 5.32 Å². The number of amides is 1. The van der Waals surface area contributed by atoms with Crippen LogP contribution in [0.15, 0.2) is 36.4 Å². The van der Waals surface area contributed by atoms with Gasteiger partial charge in [-0.2, -0.15) is 0 Å². The van der Waals surface area contributed by atoms with Gasteiger partial charge in [-0.05, 0) is 42.8 Å². The molecule has 0 unspecified atom stereocenters. The zero-order valence-electron chi connectivity index (χ0n) is 11.1. The molecule has 0 saturated carbocycles. The molecule has 0 aliphatic heterocycles. The van der Waals surface area contributed by atoms with Gasteiger partial charge in [0.2, 0.25) is 0 Å². The number of halogens is 1. The van der Waals surface area contributed by atoms with Gasteiger partial charge in [0.05, 0.1) is 11.3 Å². The fourth-order valence-corrected chi connectivity index (χ4v) is 2.02. The number of carbonyl (C=O) groups is 2. The summed E-state index contributed by atoms with van der Waals surface area (Å²) >= 11 is 5.86. The summed E-state index contributed by atoms with van der Waals surface area (Å²) in [6.07, 6.45) is 0. The molecule has 1 amide bonds. The molecule has 0 fully saturated rings. The van der Waals surface area contributed by atoms with Crippen LogP contribution in [0.4, 0.5) is 5.69 Å². The lowest BCUT2D eigenvalue weighted by Crippen LogP contribution is -2.16. The number of nitrogens with one attached hydrogen (secondary N) is 1. The summed E-state index contributed by atoms with van der Waals surface area (Å²) in [5.74, 6) is -1.91. The average Bonchev–Trinajstić information content (AvgIpc) is 2.43. The third-order valence-electron chi connectivity index (χ3n) is 2.93. The SMILES string of the molecule is Cc1ccc(Cl)cc1C(=O)Nc1ccc(O)cc1C(=O)O. The van der Waals surface area contributed by atoms with Crippen LogP contribution in [-0.4, -0.2) is 22.1 Å². The van der Waals surface area contributed by atoms with Gasteiger partial charge in [0, 0.05) is 10.6 Å². The van der Waals surface area contributed by atoms with Crippen LogP contribution in [0.1, 0.15) is 26.3 Å². The van der Waals surface area contributed by atoms with Crippen molar-refractivity contribution in [2.75, 3.05) is 5.32 Å². The average molecular weight is 306 g/mol. The van der Waals surface area contributed by atoms with E-state index in [-0.39, 0.29) is 17.0 Å². The van der Waals surface area contributed by atoms with Crippen LogP contribution in [0.5, 0.6) is 5.75 Å². The van der Waals surface area contributed by atoms with Crippen LogP contribution < -0.4 is 5.32 Å². The minimum atomic E-state index is -1.25. The molecule has 3 N–H and O–H groups in total. The number of aromatic hydroxyl groups is 1. The Hall–Kier alpha value is -2.53. The topological polar surface area (TPSA) is 86.6 Å². The Balaban J connectivity index is 2.36. The molecule has 0 radical (unpaired) electrons. The first-order valence-corrected chi connectivity index (χ1v) is 6.40. The highest BCUT2D eigenvalue weighted by molar-refractivity contribution is 6.31. The molecular formula is C15H12ClNO4. The second kappa shape index (κ2) is 5.85. The minimum absolute atomic E-state index is 0.102. The highest BCUT2D eigenvalue weighted by Gasteiger charge is 2.15. The van der Waals surface area contributed by atoms with Gasteiger partial charge in [-0.25, -0.2) is 4.79 Å². The van der Waals surface area contributed by atoms with Crippen LogP contribution in [0.2, 0.25) is 5.02 Å². The monoisotopic (exact) mass is 305 g/mol. The molecule has 108 valence electrons. The number of aryl methyl sites for hydroxylation is 1. The van der Waals surface area contributed by atoms with Crippen LogP contribution in [0.3, 0.4) is 0 Å². The van der Waals surface area contributed by atoms with Gasteiger partial charge < -0.3 is 15.5 Å². The summed E-state index contributed by atoms with van der Waals surface area (Å²) in [5.41, 5.74) is 0.979. The summed E-state index contributed by atoms with van der Waals surface area (Å²) in [4.78, 5) is 23.4. The van der Waals surface area contributed by atoms with E-state index in [0.29, 0.717) is 16.1 Å². The lowest BCUT2D eigenvalue weighted by atomic mass is 10.1. The van der Waals surface area contributed by atoms with Crippen molar-refractivity contribution in [1.29, 1.82) is 0 Å². The minimum Gasteiger partial charge on any atom is -0.508 e. The number of phenolic OH excluding ortho intramolecular Hbond substituents is 1. The number of carboxylic acids is 1. The molecule has 2 aromatic carbocycles. The first-order valence-electron chi connectivity index (χ1n) is 6.02. The predicted octanol–water partition coefficient (Wildman–Crippen LogP) is 3.30. The molecule has 0 heterocycles. The number of hydrogen-bond acceptors (Lipinski definition) is 3. The molecule has 0 aliphatic carbocycles. The fourth-order valence-electron chi connectivity index (χ4n) is 1.85. The molecular weight excluding hydrogens is 294 g/mol. The highest BCUT2D eigenvalue weighted by atomic mass is 35.5. The summed E-state index contributed by atoms with van der Waals surface area (Å²) in [6, 6.07) is 8.57. The Morgan fingerprint density at radius 2 is 1.81 bits per heavy atom. The number of rotatable bonds is 3. The standard InChI is InChI=1S/C15H12ClNO4/c1-8-2-3-9(16)6-11(8)14(19)17-13-5-4-10(18)7-12(13)15(20)21/h2-7,18H,1H3,(H,17,19)(H,20,21). The third kappa shape index (κ3) is 3.32. The molecule has 6 heteroatoms. The van der Waals surface area contributed by atoms with Crippen LogP contribution >= 0.6 is 11.6 Å². The van der Waals surface area contributed by atoms with Gasteiger partial charge in [0.15, 0.2) is 0 Å². The van der Waals surface area contributed by atoms with E-state index >= 15 is 0 Å². The van der Waals surface area contributed by atoms with Crippen LogP contribution in [0.25, 0.3) is 0 Å². The normalized spacial score (nSPS) is 10.2. The number of benzene rings is 2. The smallest absolute Gasteiger partial charge is 0.337 e. The maximum absolute atomic E-state index is 12.2. The molecule has 2 aromatic rings. The van der Waals surface area contributed by atoms with E-state index in [1.807, 2.05) is 0 Å². The Bertz CT molecular complexity index is 728. The molecule has 5 nitrogen and oxygen atoms in total. The quantitative estimate of drug-likeness (QED) is 0.759. The molecule has 0 saturated heterocycles. The van der Waals surface area contributed by atoms with Crippen LogP contribution in [0, 0.1) is 6.92 Å². The van der Waals surface area contributed by atoms with Crippen molar-refractivity contribution in [3.8, 4) is 5.75 Å². The maximum Gasteiger partial charge on any atom is 0.337 e. The number of phenols is 1. The van der Waals surface area contributed by atoms with Crippen LogP contribution in [-0.2, 0) is 0 Å². The van der Waals surface area contributed by atoms with Gasteiger partial charge in [0.25, 0.3) is 5.91 Å². The van der Waals surface area contributed by atoms with Crippen molar-refractivity contribution < 1.29 is 19.8 Å². The lowest BCUT2D eigenvalue weighted by Gasteiger charge is -2.10. The molecule has 21 heavy (non-hydrogen) atoms. The fraction of sp³-hybridized carbons (Fsp3) is 0.0667. The summed E-state index contributed by atoms with van der Waals surface area (Å²) in [7, 11) is 0. The van der Waals surface area contributed by atoms with E-state index in [0.717, 1.165) is 6.07 Å². The zero-order valence-corrected chi connectivity index (χ0v) is 11.8. The Morgan fingerprint density at radius 3 is 2.48 bits per heavy atom. The highest BCUT2D eigenvalue weighted by Crippen LogP contribution is 2.23. The van der Waals surface area contributed by atoms with E-state index in [4.69, 9.17) is 16.7 Å². The van der Waals surface area contributed by atoms with Gasteiger partial charge in [-0.1, -0.05) is 17.7 Å². The van der Waals surface area contributed by atoms with Gasteiger partial charge >= 0.3 is 5.97 Å². The van der Waals surface area contributed by atoms with Gasteiger partial charge in [0.1, 0.15) is 5.75 Å². The summed E-state index contributed by atoms with van der Waals surface area (Å²) in [5, 5.41) is 21.3. The first kappa shape index (κ1) is 14.9. The summed E-state index contributed by atoms with van der Waals surface area (Å²) in [6.45, 7) is 1.75. The third-order valence-corrected chi connectivity index (χ3v) is 3.16. The maximum atomic E-state index is 12.2. The lowest BCUT2D eigenvalue weighted by molar-refractivity contribution is 0.0697. The number of anilines is 1. The number of carboxylic acid groups (broad SMARTS) is 1. The van der Waals surface area contributed by atoms with Gasteiger partial charge in [-0.3, -0.25) is 4.79 Å². The number of carbonyl (C=O) groups excluding carboxylic acids is 1. The Labute approximate surface area is 125 Å². The second-order valence-corrected chi connectivity index (χ2v) is 4.88. The second-order valence-electron chi connectivity index (χ2n) is 4.45. The van der Waals surface area contributed by atoms with E-state index in [1.165, 1.54) is 18.2 Å². The van der Waals surface area contributed by atoms with Crippen molar-refractivity contribution in [3.05, 3.63) is 58.1 Å². The molecule has 0 aliphatic rings. The van der Waals surface area contributed by atoms with Crippen molar-refractivity contribution >= 4 is 29.2 Å². The van der Waals surface area contributed by atoms with Crippen molar-refractivity contribution in [2.24, 2.45) is 0 Å². The Morgan fingerprint density at radius 1 is 1.10 bits per heavy atom. The Kier molecular flexibility index (Phi) is 4.14. The van der Waals surface area contributed by atoms with Crippen molar-refractivity contribution in [3.63, 3.8) is 0 Å². The predicted molar refractivity (Wildman–Crippen MR) is 79.2 cm³/mol. The largest absolute Gasteiger partial charge is 0.508 e. The van der Waals surface area contributed by atoms with E-state index < -0.39 is 11.9 Å². The van der Waals surface area contributed by atoms with E-state index in [1.54, 1.807) is 19.1 Å².